The molecule has 0 fully saturated rings. The maximum absolute atomic E-state index is 13.7. The average molecular weight is 362 g/mol. The second kappa shape index (κ2) is 6.64. The molecule has 128 valence electrons. The first-order valence-corrected chi connectivity index (χ1v) is 7.86. The Balaban J connectivity index is 1.74. The second-order valence-corrected chi connectivity index (χ2v) is 5.92. The lowest BCUT2D eigenvalue weighted by Crippen LogP contribution is -2.43. The zero-order valence-electron chi connectivity index (χ0n) is 13.2. The molecule has 2 aromatic rings. The molecule has 0 saturated carbocycles. The van der Waals surface area contributed by atoms with E-state index in [9.17, 15) is 18.8 Å². The Morgan fingerprint density at radius 2 is 1.72 bits per heavy atom. The normalized spacial score (nSPS) is 14.4. The number of amides is 2. The van der Waals surface area contributed by atoms with E-state index in [0.717, 1.165) is 4.90 Å². The molecule has 0 aromatic heterocycles. The van der Waals surface area contributed by atoms with Gasteiger partial charge >= 0.3 is 5.97 Å². The fourth-order valence-electron chi connectivity index (χ4n) is 2.60. The lowest BCUT2D eigenvalue weighted by atomic mass is 10.1. The molecule has 0 aliphatic carbocycles. The molecule has 1 aliphatic rings. The predicted octanol–water partition coefficient (Wildman–Crippen LogP) is 3.21. The lowest BCUT2D eigenvalue weighted by molar-refractivity contribution is -0.149. The molecule has 2 amide bonds. The van der Waals surface area contributed by atoms with Crippen LogP contribution in [-0.2, 0) is 16.1 Å². The molecule has 0 radical (unpaired) electrons. The number of nitrogens with zero attached hydrogens (tertiary/aromatic N) is 1. The fourth-order valence-corrected chi connectivity index (χ4v) is 2.82. The summed E-state index contributed by atoms with van der Waals surface area (Å²) in [5.41, 5.74) is 0.515. The van der Waals surface area contributed by atoms with Crippen LogP contribution in [-0.4, -0.2) is 28.7 Å². The monoisotopic (exact) mass is 361 g/mol. The lowest BCUT2D eigenvalue weighted by Gasteiger charge is -2.21. The van der Waals surface area contributed by atoms with E-state index in [0.29, 0.717) is 0 Å². The highest BCUT2D eigenvalue weighted by Gasteiger charge is 2.41. The Labute approximate surface area is 147 Å². The van der Waals surface area contributed by atoms with E-state index in [2.05, 4.69) is 0 Å². The zero-order valence-corrected chi connectivity index (χ0v) is 13.9. The van der Waals surface area contributed by atoms with Crippen molar-refractivity contribution in [2.45, 2.75) is 19.6 Å². The molecule has 5 nitrogen and oxygen atoms in total. The highest BCUT2D eigenvalue weighted by Crippen LogP contribution is 2.25. The van der Waals surface area contributed by atoms with Gasteiger partial charge in [0.25, 0.3) is 11.8 Å². The summed E-state index contributed by atoms with van der Waals surface area (Å²) >= 11 is 5.88. The van der Waals surface area contributed by atoms with Crippen LogP contribution in [0.15, 0.2) is 42.5 Å². The molecule has 0 N–H and O–H groups in total. The van der Waals surface area contributed by atoms with E-state index in [1.54, 1.807) is 12.1 Å². The van der Waals surface area contributed by atoms with E-state index in [1.807, 2.05) is 0 Å². The van der Waals surface area contributed by atoms with Gasteiger partial charge in [-0.3, -0.25) is 14.5 Å². The third-order valence-corrected chi connectivity index (χ3v) is 4.33. The number of fused-ring (bicyclic) bond motifs is 1. The number of rotatable bonds is 4. The SMILES string of the molecule is C[C@@H](C(=O)OCc1c(F)cccc1Cl)N1C(=O)c2ccccc2C1=O. The Hall–Kier alpha value is -2.73. The third-order valence-electron chi connectivity index (χ3n) is 3.97. The number of hydrogen-bond acceptors (Lipinski definition) is 4. The molecule has 0 unspecified atom stereocenters. The summed E-state index contributed by atoms with van der Waals surface area (Å²) in [5, 5.41) is 0.126. The third kappa shape index (κ3) is 3.00. The van der Waals surface area contributed by atoms with Gasteiger partial charge in [0.05, 0.1) is 16.1 Å². The number of ether oxygens (including phenoxy) is 1. The van der Waals surface area contributed by atoms with Crippen molar-refractivity contribution in [2.24, 2.45) is 0 Å². The van der Waals surface area contributed by atoms with E-state index >= 15 is 0 Å². The topological polar surface area (TPSA) is 63.7 Å². The van der Waals surface area contributed by atoms with Crippen LogP contribution in [0.4, 0.5) is 4.39 Å². The molecule has 1 aliphatic heterocycles. The van der Waals surface area contributed by atoms with Crippen molar-refractivity contribution >= 4 is 29.4 Å². The van der Waals surface area contributed by atoms with E-state index in [-0.39, 0.29) is 21.7 Å². The van der Waals surface area contributed by atoms with Crippen LogP contribution in [0.5, 0.6) is 0 Å². The Morgan fingerprint density at radius 3 is 2.28 bits per heavy atom. The van der Waals surface area contributed by atoms with Gasteiger partial charge in [0.2, 0.25) is 0 Å². The molecule has 0 spiro atoms. The van der Waals surface area contributed by atoms with Crippen molar-refractivity contribution in [3.8, 4) is 0 Å². The van der Waals surface area contributed by atoms with Crippen molar-refractivity contribution in [3.05, 3.63) is 70.0 Å². The van der Waals surface area contributed by atoms with E-state index in [4.69, 9.17) is 16.3 Å². The molecule has 7 heteroatoms. The standard InChI is InChI=1S/C18H13ClFNO4/c1-10(18(24)25-9-13-14(19)7-4-8-15(13)20)21-16(22)11-5-2-3-6-12(11)17(21)23/h2-8,10H,9H2,1H3/t10-/m0/s1. The quantitative estimate of drug-likeness (QED) is 0.619. The smallest absolute Gasteiger partial charge is 0.329 e. The summed E-state index contributed by atoms with van der Waals surface area (Å²) in [6.45, 7) is 0.991. The van der Waals surface area contributed by atoms with Crippen LogP contribution in [0.3, 0.4) is 0 Å². The maximum atomic E-state index is 13.7. The largest absolute Gasteiger partial charge is 0.459 e. The number of benzene rings is 2. The van der Waals surface area contributed by atoms with Gasteiger partial charge in [-0.05, 0) is 31.2 Å². The van der Waals surface area contributed by atoms with Crippen LogP contribution < -0.4 is 0 Å². The van der Waals surface area contributed by atoms with Gasteiger partial charge in [-0.15, -0.1) is 0 Å². The van der Waals surface area contributed by atoms with Gasteiger partial charge in [0.15, 0.2) is 0 Å². The minimum atomic E-state index is -1.14. The van der Waals surface area contributed by atoms with Crippen LogP contribution in [0.1, 0.15) is 33.2 Å². The summed E-state index contributed by atoms with van der Waals surface area (Å²) in [6.07, 6.45) is 0. The Morgan fingerprint density at radius 1 is 1.12 bits per heavy atom. The van der Waals surface area contributed by atoms with Crippen LogP contribution in [0, 0.1) is 5.82 Å². The van der Waals surface area contributed by atoms with Gasteiger partial charge < -0.3 is 4.74 Å². The zero-order chi connectivity index (χ0) is 18.1. The number of halogens is 2. The minimum Gasteiger partial charge on any atom is -0.459 e. The summed E-state index contributed by atoms with van der Waals surface area (Å²) in [4.78, 5) is 37.8. The Bertz CT molecular complexity index is 828. The highest BCUT2D eigenvalue weighted by atomic mass is 35.5. The first-order valence-electron chi connectivity index (χ1n) is 7.48. The van der Waals surface area contributed by atoms with Crippen LogP contribution in [0.25, 0.3) is 0 Å². The van der Waals surface area contributed by atoms with Crippen molar-refractivity contribution in [2.75, 3.05) is 0 Å². The summed E-state index contributed by atoms with van der Waals surface area (Å²) in [7, 11) is 0. The molecule has 3 rings (SSSR count). The van der Waals surface area contributed by atoms with Crippen molar-refractivity contribution in [3.63, 3.8) is 0 Å². The number of carbonyl (C=O) groups excluding carboxylic acids is 3. The van der Waals surface area contributed by atoms with Crippen LogP contribution >= 0.6 is 11.6 Å². The molecule has 2 aromatic carbocycles. The molecule has 25 heavy (non-hydrogen) atoms. The summed E-state index contributed by atoms with van der Waals surface area (Å²) in [5.74, 6) is -2.55. The number of imide groups is 1. The fraction of sp³-hybridized carbons (Fsp3) is 0.167. The minimum absolute atomic E-state index is 0.0343. The van der Waals surface area contributed by atoms with Gasteiger partial charge in [-0.25, -0.2) is 9.18 Å². The van der Waals surface area contributed by atoms with Gasteiger partial charge in [0, 0.05) is 5.56 Å². The van der Waals surface area contributed by atoms with Gasteiger partial charge in [0.1, 0.15) is 18.5 Å². The summed E-state index contributed by atoms with van der Waals surface area (Å²) in [6, 6.07) is 9.28. The van der Waals surface area contributed by atoms with Crippen molar-refractivity contribution in [1.82, 2.24) is 4.90 Å². The molecule has 0 saturated heterocycles. The van der Waals surface area contributed by atoms with Crippen molar-refractivity contribution in [1.29, 1.82) is 0 Å². The Kier molecular flexibility index (Phi) is 4.55. The average Bonchev–Trinajstić information content (AvgIpc) is 2.85. The molecular weight excluding hydrogens is 349 g/mol. The second-order valence-electron chi connectivity index (χ2n) is 5.51. The number of esters is 1. The van der Waals surface area contributed by atoms with Gasteiger partial charge in [-0.1, -0.05) is 29.8 Å². The van der Waals surface area contributed by atoms with E-state index in [1.165, 1.54) is 37.3 Å². The van der Waals surface area contributed by atoms with Crippen LogP contribution in [0.2, 0.25) is 5.02 Å². The predicted molar refractivity (Wildman–Crippen MR) is 87.6 cm³/mol. The molecular formula is C18H13ClFNO4. The molecule has 1 heterocycles. The molecule has 0 bridgehead atoms. The first-order chi connectivity index (χ1) is 11.9. The van der Waals surface area contributed by atoms with E-state index < -0.39 is 36.2 Å². The van der Waals surface area contributed by atoms with Crippen molar-refractivity contribution < 1.29 is 23.5 Å². The summed E-state index contributed by atoms with van der Waals surface area (Å²) < 4.78 is 18.8. The highest BCUT2D eigenvalue weighted by molar-refractivity contribution is 6.31. The first kappa shape index (κ1) is 17.1. The molecule has 1 atom stereocenters. The number of hydrogen-bond donors (Lipinski definition) is 0. The van der Waals surface area contributed by atoms with Gasteiger partial charge in [-0.2, -0.15) is 0 Å². The maximum Gasteiger partial charge on any atom is 0.329 e. The number of carbonyl (C=O) groups is 3.